The van der Waals surface area contributed by atoms with E-state index < -0.39 is 0 Å². The number of benzene rings is 2. The maximum absolute atomic E-state index is 12.0. The van der Waals surface area contributed by atoms with Gasteiger partial charge in [-0.2, -0.15) is 0 Å². The van der Waals surface area contributed by atoms with Crippen LogP contribution in [-0.4, -0.2) is 19.1 Å². The summed E-state index contributed by atoms with van der Waals surface area (Å²) in [7, 11) is 0. The summed E-state index contributed by atoms with van der Waals surface area (Å²) in [5.41, 5.74) is 1.93. The van der Waals surface area contributed by atoms with Crippen LogP contribution in [0, 0.1) is 0 Å². The van der Waals surface area contributed by atoms with Crippen LogP contribution in [0.4, 0.5) is 0 Å². The van der Waals surface area contributed by atoms with Crippen LogP contribution in [-0.2, 0) is 21.7 Å². The zero-order valence-electron chi connectivity index (χ0n) is 14.7. The molecule has 0 unspecified atom stereocenters. The Kier molecular flexibility index (Phi) is 5.71. The van der Waals surface area contributed by atoms with E-state index in [-0.39, 0.29) is 11.4 Å². The molecule has 1 heterocycles. The first-order chi connectivity index (χ1) is 12.2. The largest absolute Gasteiger partial charge is 0.489 e. The van der Waals surface area contributed by atoms with Gasteiger partial charge in [0.15, 0.2) is 0 Å². The van der Waals surface area contributed by atoms with E-state index >= 15 is 0 Å². The lowest BCUT2D eigenvalue weighted by Crippen LogP contribution is -2.49. The Labute approximate surface area is 149 Å². The third kappa shape index (κ3) is 4.40. The van der Waals surface area contributed by atoms with E-state index in [0.29, 0.717) is 26.2 Å². The highest BCUT2D eigenvalue weighted by Gasteiger charge is 2.35. The van der Waals surface area contributed by atoms with Gasteiger partial charge >= 0.3 is 0 Å². The molecule has 0 saturated carbocycles. The fourth-order valence-electron chi connectivity index (χ4n) is 3.17. The number of hydrogen-bond acceptors (Lipinski definition) is 3. The average Bonchev–Trinajstić information content (AvgIpc) is 2.68. The van der Waals surface area contributed by atoms with Gasteiger partial charge in [0.05, 0.1) is 5.54 Å². The number of nitrogens with one attached hydrogen (secondary N) is 1. The summed E-state index contributed by atoms with van der Waals surface area (Å²) in [6.07, 6.45) is 2.08. The molecule has 2 aromatic rings. The van der Waals surface area contributed by atoms with Crippen molar-refractivity contribution >= 4 is 5.91 Å². The average molecular weight is 339 g/mol. The van der Waals surface area contributed by atoms with Gasteiger partial charge in [-0.05, 0) is 36.1 Å². The lowest BCUT2D eigenvalue weighted by Gasteiger charge is -2.38. The molecule has 2 aromatic carbocycles. The molecule has 0 aliphatic carbocycles. The highest BCUT2D eigenvalue weighted by Crippen LogP contribution is 2.33. The second kappa shape index (κ2) is 8.17. The molecule has 0 aromatic heterocycles. The van der Waals surface area contributed by atoms with Gasteiger partial charge in [0.2, 0.25) is 5.91 Å². The van der Waals surface area contributed by atoms with Crippen LogP contribution in [0.5, 0.6) is 5.75 Å². The summed E-state index contributed by atoms with van der Waals surface area (Å²) in [5.74, 6) is 0.905. The van der Waals surface area contributed by atoms with E-state index in [9.17, 15) is 4.79 Å². The maximum atomic E-state index is 12.0. The van der Waals surface area contributed by atoms with Crippen molar-refractivity contribution in [1.29, 1.82) is 0 Å². The number of carbonyl (C=O) groups is 1. The molecule has 1 saturated heterocycles. The maximum Gasteiger partial charge on any atom is 0.220 e. The van der Waals surface area contributed by atoms with Crippen molar-refractivity contribution < 1.29 is 14.3 Å². The summed E-state index contributed by atoms with van der Waals surface area (Å²) in [5, 5.41) is 3.22. The Balaban J connectivity index is 1.71. The van der Waals surface area contributed by atoms with Crippen LogP contribution in [0.15, 0.2) is 54.6 Å². The highest BCUT2D eigenvalue weighted by molar-refractivity contribution is 5.76. The Bertz CT molecular complexity index is 676. The van der Waals surface area contributed by atoms with Crippen molar-refractivity contribution in [2.75, 3.05) is 13.2 Å². The van der Waals surface area contributed by atoms with Crippen LogP contribution in [0.2, 0.25) is 0 Å². The SMILES string of the molecule is CCC(=O)NC1(c2ccc(OCc3ccccc3)cc2)CCOCC1. The first-order valence-corrected chi connectivity index (χ1v) is 8.88. The minimum absolute atomic E-state index is 0.0753. The fourth-order valence-corrected chi connectivity index (χ4v) is 3.17. The number of ether oxygens (including phenoxy) is 2. The smallest absolute Gasteiger partial charge is 0.220 e. The van der Waals surface area contributed by atoms with Crippen LogP contribution < -0.4 is 10.1 Å². The minimum atomic E-state index is -0.330. The second-order valence-corrected chi connectivity index (χ2v) is 6.39. The second-order valence-electron chi connectivity index (χ2n) is 6.39. The molecule has 1 aliphatic heterocycles. The normalized spacial score (nSPS) is 16.2. The molecule has 0 bridgehead atoms. The van der Waals surface area contributed by atoms with Crippen LogP contribution in [0.3, 0.4) is 0 Å². The third-order valence-corrected chi connectivity index (χ3v) is 4.70. The third-order valence-electron chi connectivity index (χ3n) is 4.70. The van der Waals surface area contributed by atoms with Gasteiger partial charge in [0.25, 0.3) is 0 Å². The summed E-state index contributed by atoms with van der Waals surface area (Å²) >= 11 is 0. The molecular formula is C21H25NO3. The van der Waals surface area contributed by atoms with Crippen molar-refractivity contribution in [3.8, 4) is 5.75 Å². The molecule has 132 valence electrons. The fraction of sp³-hybridized carbons (Fsp3) is 0.381. The van der Waals surface area contributed by atoms with E-state index in [1.807, 2.05) is 49.4 Å². The predicted octanol–water partition coefficient (Wildman–Crippen LogP) is 3.80. The Hall–Kier alpha value is -2.33. The Morgan fingerprint density at radius 3 is 2.40 bits per heavy atom. The van der Waals surface area contributed by atoms with Gasteiger partial charge in [0.1, 0.15) is 12.4 Å². The summed E-state index contributed by atoms with van der Waals surface area (Å²) in [6.45, 7) is 3.75. The number of hydrogen-bond donors (Lipinski definition) is 1. The Morgan fingerprint density at radius 1 is 1.08 bits per heavy atom. The molecule has 25 heavy (non-hydrogen) atoms. The minimum Gasteiger partial charge on any atom is -0.489 e. The molecule has 4 nitrogen and oxygen atoms in total. The molecule has 1 fully saturated rings. The van der Waals surface area contributed by atoms with Gasteiger partial charge in [-0.1, -0.05) is 49.4 Å². The van der Waals surface area contributed by atoms with Gasteiger partial charge < -0.3 is 14.8 Å². The summed E-state index contributed by atoms with van der Waals surface area (Å²) in [4.78, 5) is 12.0. The zero-order chi connectivity index (χ0) is 17.5. The molecule has 0 spiro atoms. The molecule has 4 heteroatoms. The van der Waals surface area contributed by atoms with E-state index in [1.165, 1.54) is 0 Å². The van der Waals surface area contributed by atoms with Crippen molar-refractivity contribution in [1.82, 2.24) is 5.32 Å². The topological polar surface area (TPSA) is 47.6 Å². The van der Waals surface area contributed by atoms with Gasteiger partial charge in [0, 0.05) is 19.6 Å². The van der Waals surface area contributed by atoms with Crippen molar-refractivity contribution in [3.05, 3.63) is 65.7 Å². The van der Waals surface area contributed by atoms with E-state index in [0.717, 1.165) is 29.7 Å². The van der Waals surface area contributed by atoms with Crippen molar-refractivity contribution in [2.24, 2.45) is 0 Å². The van der Waals surface area contributed by atoms with E-state index in [2.05, 4.69) is 17.4 Å². The molecule has 1 aliphatic rings. The quantitative estimate of drug-likeness (QED) is 0.871. The molecule has 3 rings (SSSR count). The van der Waals surface area contributed by atoms with E-state index in [4.69, 9.17) is 9.47 Å². The van der Waals surface area contributed by atoms with Crippen LogP contribution in [0.1, 0.15) is 37.3 Å². The van der Waals surface area contributed by atoms with Crippen molar-refractivity contribution in [3.63, 3.8) is 0 Å². The monoisotopic (exact) mass is 339 g/mol. The number of amides is 1. The molecule has 0 radical (unpaired) electrons. The Morgan fingerprint density at radius 2 is 1.76 bits per heavy atom. The number of carbonyl (C=O) groups excluding carboxylic acids is 1. The summed E-state index contributed by atoms with van der Waals surface area (Å²) < 4.78 is 11.4. The lowest BCUT2D eigenvalue weighted by molar-refractivity contribution is -0.124. The molecular weight excluding hydrogens is 314 g/mol. The first kappa shape index (κ1) is 17.5. The van der Waals surface area contributed by atoms with Gasteiger partial charge in [-0.25, -0.2) is 0 Å². The molecule has 1 amide bonds. The highest BCUT2D eigenvalue weighted by atomic mass is 16.5. The standard InChI is InChI=1S/C21H25NO3/c1-2-20(23)22-21(12-14-24-15-13-21)18-8-10-19(11-9-18)25-16-17-6-4-3-5-7-17/h3-11H,2,12-16H2,1H3,(H,22,23). The number of rotatable bonds is 6. The lowest BCUT2D eigenvalue weighted by atomic mass is 9.82. The summed E-state index contributed by atoms with van der Waals surface area (Å²) in [6, 6.07) is 18.2. The van der Waals surface area contributed by atoms with Gasteiger partial charge in [-0.15, -0.1) is 0 Å². The molecule has 0 atom stereocenters. The first-order valence-electron chi connectivity index (χ1n) is 8.88. The van der Waals surface area contributed by atoms with Crippen molar-refractivity contribution in [2.45, 2.75) is 38.3 Å². The predicted molar refractivity (Wildman–Crippen MR) is 97.4 cm³/mol. The van der Waals surface area contributed by atoms with Gasteiger partial charge in [-0.3, -0.25) is 4.79 Å². The van der Waals surface area contributed by atoms with Crippen LogP contribution >= 0.6 is 0 Å². The zero-order valence-corrected chi connectivity index (χ0v) is 14.7. The van der Waals surface area contributed by atoms with E-state index in [1.54, 1.807) is 0 Å². The molecule has 1 N–H and O–H groups in total. The van der Waals surface area contributed by atoms with Crippen LogP contribution in [0.25, 0.3) is 0 Å².